The Morgan fingerprint density at radius 2 is 2.03 bits per heavy atom. The number of anilines is 2. The SMILES string of the molecule is COc1cc(Cl)c(C)cc1NC(=O)[C@H]1CCCN(c2nnc(-n3cccc3)s2)C1. The lowest BCUT2D eigenvalue weighted by Crippen LogP contribution is -2.40. The van der Waals surface area contributed by atoms with E-state index in [1.54, 1.807) is 13.2 Å². The van der Waals surface area contributed by atoms with Crippen LogP contribution < -0.4 is 15.0 Å². The monoisotopic (exact) mass is 431 g/mol. The van der Waals surface area contributed by atoms with Gasteiger partial charge in [-0.25, -0.2) is 0 Å². The molecule has 1 fully saturated rings. The molecule has 0 radical (unpaired) electrons. The Balaban J connectivity index is 1.46. The summed E-state index contributed by atoms with van der Waals surface area (Å²) < 4.78 is 7.30. The molecule has 0 spiro atoms. The first-order valence-corrected chi connectivity index (χ1v) is 10.6. The fourth-order valence-corrected chi connectivity index (χ4v) is 4.43. The molecule has 3 aromatic rings. The predicted molar refractivity (Wildman–Crippen MR) is 116 cm³/mol. The molecule has 2 aromatic heterocycles. The molecule has 1 aliphatic heterocycles. The molecule has 0 saturated carbocycles. The van der Waals surface area contributed by atoms with E-state index < -0.39 is 0 Å². The van der Waals surface area contributed by atoms with Crippen molar-refractivity contribution in [2.75, 3.05) is 30.4 Å². The number of halogens is 1. The molecule has 152 valence electrons. The third-order valence-corrected chi connectivity index (χ3v) is 6.43. The van der Waals surface area contributed by atoms with Crippen LogP contribution in [0, 0.1) is 12.8 Å². The van der Waals surface area contributed by atoms with Gasteiger partial charge >= 0.3 is 0 Å². The highest BCUT2D eigenvalue weighted by Gasteiger charge is 2.28. The Kier molecular flexibility index (Phi) is 5.73. The van der Waals surface area contributed by atoms with Crippen LogP contribution in [0.25, 0.3) is 5.13 Å². The summed E-state index contributed by atoms with van der Waals surface area (Å²) in [6.07, 6.45) is 5.64. The van der Waals surface area contributed by atoms with Crippen LogP contribution in [0.3, 0.4) is 0 Å². The number of amides is 1. The standard InChI is InChI=1S/C20H22ClN5O2S/c1-13-10-16(17(28-2)11-15(13)21)22-18(27)14-6-5-9-26(12-14)20-24-23-19(29-20)25-7-3-4-8-25/h3-4,7-8,10-11,14H,5-6,9,12H2,1-2H3,(H,22,27)/t14-/m0/s1. The van der Waals surface area contributed by atoms with Crippen molar-refractivity contribution in [3.63, 3.8) is 0 Å². The quantitative estimate of drug-likeness (QED) is 0.656. The van der Waals surface area contributed by atoms with Gasteiger partial charge in [0.15, 0.2) is 0 Å². The van der Waals surface area contributed by atoms with Crippen LogP contribution in [0.2, 0.25) is 5.02 Å². The van der Waals surface area contributed by atoms with E-state index >= 15 is 0 Å². The Bertz CT molecular complexity index is 1000. The van der Waals surface area contributed by atoms with Crippen molar-refractivity contribution in [2.45, 2.75) is 19.8 Å². The maximum absolute atomic E-state index is 12.9. The zero-order valence-electron chi connectivity index (χ0n) is 16.3. The summed E-state index contributed by atoms with van der Waals surface area (Å²) in [4.78, 5) is 15.1. The average molecular weight is 432 g/mol. The average Bonchev–Trinajstić information content (AvgIpc) is 3.42. The highest BCUT2D eigenvalue weighted by Crippen LogP contribution is 2.32. The molecule has 1 aliphatic rings. The van der Waals surface area contributed by atoms with Gasteiger partial charge in [0.25, 0.3) is 0 Å². The summed E-state index contributed by atoms with van der Waals surface area (Å²) in [5.74, 6) is 0.398. The van der Waals surface area contributed by atoms with Gasteiger partial charge in [-0.05, 0) is 43.5 Å². The molecule has 9 heteroatoms. The van der Waals surface area contributed by atoms with Crippen LogP contribution in [-0.2, 0) is 4.79 Å². The number of nitrogens with zero attached hydrogens (tertiary/aromatic N) is 4. The Morgan fingerprint density at radius 3 is 2.79 bits per heavy atom. The molecule has 1 saturated heterocycles. The van der Waals surface area contributed by atoms with Crippen molar-refractivity contribution in [3.8, 4) is 10.9 Å². The zero-order chi connectivity index (χ0) is 20.4. The normalized spacial score (nSPS) is 16.7. The number of methoxy groups -OCH3 is 1. The van der Waals surface area contributed by atoms with Gasteiger partial charge in [0.1, 0.15) is 5.75 Å². The van der Waals surface area contributed by atoms with E-state index in [9.17, 15) is 4.79 Å². The molecule has 1 atom stereocenters. The number of piperidine rings is 1. The van der Waals surface area contributed by atoms with Gasteiger partial charge in [-0.1, -0.05) is 22.9 Å². The van der Waals surface area contributed by atoms with E-state index in [4.69, 9.17) is 16.3 Å². The van der Waals surface area contributed by atoms with Crippen molar-refractivity contribution in [1.29, 1.82) is 0 Å². The van der Waals surface area contributed by atoms with Crippen molar-refractivity contribution >= 4 is 39.7 Å². The zero-order valence-corrected chi connectivity index (χ0v) is 17.8. The van der Waals surface area contributed by atoms with E-state index in [1.807, 2.05) is 42.1 Å². The topological polar surface area (TPSA) is 72.3 Å². The number of carbonyl (C=O) groups excluding carboxylic acids is 1. The molecule has 1 amide bonds. The van der Waals surface area contributed by atoms with E-state index in [2.05, 4.69) is 20.4 Å². The van der Waals surface area contributed by atoms with Crippen LogP contribution in [0.5, 0.6) is 5.75 Å². The lowest BCUT2D eigenvalue weighted by Gasteiger charge is -2.31. The number of hydrogen-bond donors (Lipinski definition) is 1. The number of carbonyl (C=O) groups is 1. The minimum Gasteiger partial charge on any atom is -0.495 e. The van der Waals surface area contributed by atoms with E-state index in [1.165, 1.54) is 11.3 Å². The van der Waals surface area contributed by atoms with Gasteiger partial charge in [-0.3, -0.25) is 9.36 Å². The Hall–Kier alpha value is -2.58. The summed E-state index contributed by atoms with van der Waals surface area (Å²) in [5.41, 5.74) is 1.53. The van der Waals surface area contributed by atoms with Gasteiger partial charge in [-0.15, -0.1) is 10.2 Å². The molecule has 0 unspecified atom stereocenters. The predicted octanol–water partition coefficient (Wildman–Crippen LogP) is 4.15. The number of hydrogen-bond acceptors (Lipinski definition) is 6. The first-order chi connectivity index (χ1) is 14.0. The first kappa shape index (κ1) is 19.7. The number of aryl methyl sites for hydroxylation is 1. The molecule has 0 bridgehead atoms. The Morgan fingerprint density at radius 1 is 1.28 bits per heavy atom. The molecular weight excluding hydrogens is 410 g/mol. The maximum atomic E-state index is 12.9. The third kappa shape index (κ3) is 4.23. The van der Waals surface area contributed by atoms with Crippen LogP contribution >= 0.6 is 22.9 Å². The largest absolute Gasteiger partial charge is 0.495 e. The molecule has 4 rings (SSSR count). The van der Waals surface area contributed by atoms with Gasteiger partial charge in [0, 0.05) is 36.6 Å². The van der Waals surface area contributed by atoms with E-state index in [0.717, 1.165) is 35.2 Å². The second kappa shape index (κ2) is 8.42. The molecule has 29 heavy (non-hydrogen) atoms. The number of aromatic nitrogens is 3. The lowest BCUT2D eigenvalue weighted by atomic mass is 9.97. The summed E-state index contributed by atoms with van der Waals surface area (Å²) in [7, 11) is 1.57. The van der Waals surface area contributed by atoms with Crippen molar-refractivity contribution in [1.82, 2.24) is 14.8 Å². The van der Waals surface area contributed by atoms with E-state index in [-0.39, 0.29) is 11.8 Å². The summed E-state index contributed by atoms with van der Waals surface area (Å²) >= 11 is 7.69. The minimum atomic E-state index is -0.136. The highest BCUT2D eigenvalue weighted by molar-refractivity contribution is 7.17. The van der Waals surface area contributed by atoms with Crippen molar-refractivity contribution in [2.24, 2.45) is 5.92 Å². The second-order valence-corrected chi connectivity index (χ2v) is 8.38. The Labute approximate surface area is 178 Å². The van der Waals surface area contributed by atoms with Crippen molar-refractivity contribution in [3.05, 3.63) is 47.2 Å². The fourth-order valence-electron chi connectivity index (χ4n) is 3.43. The van der Waals surface area contributed by atoms with Crippen LogP contribution in [0.4, 0.5) is 10.8 Å². The molecule has 0 aliphatic carbocycles. The lowest BCUT2D eigenvalue weighted by molar-refractivity contribution is -0.120. The van der Waals surface area contributed by atoms with E-state index in [0.29, 0.717) is 23.0 Å². The van der Waals surface area contributed by atoms with Crippen molar-refractivity contribution < 1.29 is 9.53 Å². The molecular formula is C20H22ClN5O2S. The van der Waals surface area contributed by atoms with Crippen LogP contribution in [0.1, 0.15) is 18.4 Å². The molecule has 7 nitrogen and oxygen atoms in total. The third-order valence-electron chi connectivity index (χ3n) is 5.03. The van der Waals surface area contributed by atoms with Gasteiger partial charge < -0.3 is 15.0 Å². The number of benzene rings is 1. The summed E-state index contributed by atoms with van der Waals surface area (Å²) in [6.45, 7) is 3.38. The fraction of sp³-hybridized carbons (Fsp3) is 0.350. The second-order valence-electron chi connectivity index (χ2n) is 7.03. The molecule has 1 N–H and O–H groups in total. The maximum Gasteiger partial charge on any atom is 0.229 e. The first-order valence-electron chi connectivity index (χ1n) is 9.42. The smallest absolute Gasteiger partial charge is 0.229 e. The van der Waals surface area contributed by atoms with Gasteiger partial charge in [-0.2, -0.15) is 0 Å². The molecule has 3 heterocycles. The van der Waals surface area contributed by atoms with Gasteiger partial charge in [0.2, 0.25) is 16.2 Å². The number of ether oxygens (including phenoxy) is 1. The van der Waals surface area contributed by atoms with Crippen LogP contribution in [0.15, 0.2) is 36.7 Å². The van der Waals surface area contributed by atoms with Gasteiger partial charge in [0.05, 0.1) is 18.7 Å². The minimum absolute atomic E-state index is 0.0233. The highest BCUT2D eigenvalue weighted by atomic mass is 35.5. The number of nitrogens with one attached hydrogen (secondary N) is 1. The van der Waals surface area contributed by atoms with Crippen LogP contribution in [-0.4, -0.2) is 40.9 Å². The molecule has 1 aromatic carbocycles. The summed E-state index contributed by atoms with van der Waals surface area (Å²) in [5, 5.41) is 13.9. The summed E-state index contributed by atoms with van der Waals surface area (Å²) in [6, 6.07) is 7.47. The number of rotatable bonds is 5.